The Kier molecular flexibility index (Phi) is 8.90. The van der Waals surface area contributed by atoms with E-state index < -0.39 is 0 Å². The van der Waals surface area contributed by atoms with E-state index in [0.717, 1.165) is 72.5 Å². The second-order valence-electron chi connectivity index (χ2n) is 18.0. The van der Waals surface area contributed by atoms with Gasteiger partial charge >= 0.3 is 0 Å². The second kappa shape index (κ2) is 15.7. The predicted molar refractivity (Wildman–Crippen MR) is 292 cm³/mol. The van der Waals surface area contributed by atoms with E-state index in [-0.39, 0.29) is 0 Å². The lowest BCUT2D eigenvalue weighted by atomic mass is 9.88. The first-order chi connectivity index (χ1) is 34.2. The molecule has 0 radical (unpaired) electrons. The van der Waals surface area contributed by atoms with Gasteiger partial charge in [-0.05, 0) is 121 Å². The van der Waals surface area contributed by atoms with E-state index in [4.69, 9.17) is 4.42 Å². The van der Waals surface area contributed by atoms with Crippen LogP contribution in [0.5, 0.6) is 0 Å². The quantitative estimate of drug-likeness (QED) is 0.149. The Balaban J connectivity index is 1.09. The minimum atomic E-state index is 0.872. The van der Waals surface area contributed by atoms with Crippen molar-refractivity contribution >= 4 is 93.1 Å². The summed E-state index contributed by atoms with van der Waals surface area (Å²) in [5.41, 5.74) is 15.3. The number of benzene rings is 12. The third-order valence-corrected chi connectivity index (χ3v) is 14.1. The molecule has 0 spiro atoms. The molecule has 0 N–H and O–H groups in total. The SMILES string of the molecule is c1ccc(-n2c3ccccc3c3c(-c4cccc(N(c5cccc(-c6cccc7oc8ccccc8c67)c5-c5ccc6ccccc6c5)c5cc6ccccc6c6ccccc56)c4)cccc32)cc1. The topological polar surface area (TPSA) is 21.3 Å². The number of furan rings is 1. The Morgan fingerprint density at radius 1 is 0.319 bits per heavy atom. The normalized spacial score (nSPS) is 11.8. The molecule has 0 bridgehead atoms. The van der Waals surface area contributed by atoms with Crippen molar-refractivity contribution in [3.8, 4) is 39.1 Å². The summed E-state index contributed by atoms with van der Waals surface area (Å²) in [6.07, 6.45) is 0. The zero-order valence-electron chi connectivity index (χ0n) is 37.6. The lowest BCUT2D eigenvalue weighted by Crippen LogP contribution is -2.12. The van der Waals surface area contributed by atoms with Gasteiger partial charge in [-0.1, -0.05) is 188 Å². The first kappa shape index (κ1) is 39.0. The summed E-state index contributed by atoms with van der Waals surface area (Å²) in [5, 5.41) is 11.9. The Morgan fingerprint density at radius 2 is 0.957 bits per heavy atom. The Labute approximate surface area is 399 Å². The Bertz CT molecular complexity index is 4330. The smallest absolute Gasteiger partial charge is 0.136 e. The van der Waals surface area contributed by atoms with Crippen LogP contribution in [0.1, 0.15) is 0 Å². The predicted octanol–water partition coefficient (Wildman–Crippen LogP) is 18.6. The first-order valence-corrected chi connectivity index (χ1v) is 23.7. The molecular formula is C66H42N2O. The largest absolute Gasteiger partial charge is 0.456 e. The van der Waals surface area contributed by atoms with Gasteiger partial charge in [-0.2, -0.15) is 0 Å². The molecule has 0 aliphatic carbocycles. The average molecular weight is 879 g/mol. The third kappa shape index (κ3) is 6.21. The fourth-order valence-corrected chi connectivity index (χ4v) is 11.2. The summed E-state index contributed by atoms with van der Waals surface area (Å²) in [7, 11) is 0. The van der Waals surface area contributed by atoms with Crippen molar-refractivity contribution in [2.24, 2.45) is 0 Å². The van der Waals surface area contributed by atoms with Gasteiger partial charge in [-0.25, -0.2) is 0 Å². The average Bonchev–Trinajstić information content (AvgIpc) is 3.97. The minimum absolute atomic E-state index is 0.872. The lowest BCUT2D eigenvalue weighted by molar-refractivity contribution is 0.669. The van der Waals surface area contributed by atoms with Crippen molar-refractivity contribution in [2.75, 3.05) is 4.90 Å². The van der Waals surface area contributed by atoms with Crippen LogP contribution in [-0.4, -0.2) is 4.57 Å². The standard InChI is InChI=1S/C66H42N2O/c1-2-22-48(23-3-1)67-58-33-12-10-28-56(58)65-51(30-15-35-60(65)67)45-21-14-24-49(41-45)68(61-42-46-20-6-7-25-50(46)52-26-8-9-27-53(52)61)59-34-16-31-54(64(59)47-39-38-43-18-4-5-19-44(43)40-47)55-32-17-37-63-66(55)57-29-11-13-36-62(57)69-63/h1-42H. The zero-order chi connectivity index (χ0) is 45.4. The fraction of sp³-hybridized carbons (Fsp3) is 0. The highest BCUT2D eigenvalue weighted by Gasteiger charge is 2.26. The lowest BCUT2D eigenvalue weighted by Gasteiger charge is -2.31. The van der Waals surface area contributed by atoms with Crippen molar-refractivity contribution in [1.29, 1.82) is 0 Å². The maximum Gasteiger partial charge on any atom is 0.136 e. The number of hydrogen-bond acceptors (Lipinski definition) is 2. The summed E-state index contributed by atoms with van der Waals surface area (Å²) < 4.78 is 8.95. The molecule has 0 unspecified atom stereocenters. The van der Waals surface area contributed by atoms with E-state index in [2.05, 4.69) is 258 Å². The molecule has 0 aliphatic rings. The highest BCUT2D eigenvalue weighted by molar-refractivity contribution is 6.19. The molecule has 0 saturated heterocycles. The van der Waals surface area contributed by atoms with Crippen molar-refractivity contribution in [2.45, 2.75) is 0 Å². The van der Waals surface area contributed by atoms with Gasteiger partial charge in [0.2, 0.25) is 0 Å². The fourth-order valence-electron chi connectivity index (χ4n) is 11.2. The Hall–Kier alpha value is -9.18. The van der Waals surface area contributed by atoms with Crippen molar-refractivity contribution in [3.05, 3.63) is 255 Å². The van der Waals surface area contributed by atoms with Gasteiger partial charge in [0, 0.05) is 43.9 Å². The van der Waals surface area contributed by atoms with Crippen LogP contribution in [0.2, 0.25) is 0 Å². The van der Waals surface area contributed by atoms with E-state index in [1.54, 1.807) is 0 Å². The third-order valence-electron chi connectivity index (χ3n) is 14.1. The summed E-state index contributed by atoms with van der Waals surface area (Å²) in [5.74, 6) is 0. The number of aromatic nitrogens is 1. The molecule has 3 nitrogen and oxygen atoms in total. The zero-order valence-corrected chi connectivity index (χ0v) is 37.6. The van der Waals surface area contributed by atoms with Crippen LogP contribution < -0.4 is 4.90 Å². The van der Waals surface area contributed by atoms with Gasteiger partial charge < -0.3 is 13.9 Å². The number of fused-ring (bicyclic) bond motifs is 10. The molecule has 2 aromatic heterocycles. The van der Waals surface area contributed by atoms with Crippen LogP contribution in [0, 0.1) is 0 Å². The van der Waals surface area contributed by atoms with Crippen LogP contribution >= 0.6 is 0 Å². The van der Waals surface area contributed by atoms with E-state index in [0.29, 0.717) is 0 Å². The van der Waals surface area contributed by atoms with E-state index >= 15 is 0 Å². The monoisotopic (exact) mass is 878 g/mol. The van der Waals surface area contributed by atoms with Crippen LogP contribution in [0.3, 0.4) is 0 Å². The highest BCUT2D eigenvalue weighted by atomic mass is 16.3. The highest BCUT2D eigenvalue weighted by Crippen LogP contribution is 2.51. The van der Waals surface area contributed by atoms with E-state index in [9.17, 15) is 0 Å². The number of hydrogen-bond donors (Lipinski definition) is 0. The van der Waals surface area contributed by atoms with E-state index in [1.165, 1.54) is 59.7 Å². The molecule has 322 valence electrons. The molecule has 0 atom stereocenters. The van der Waals surface area contributed by atoms with Gasteiger partial charge in [0.05, 0.1) is 22.4 Å². The molecule has 2 heterocycles. The van der Waals surface area contributed by atoms with Crippen LogP contribution in [0.4, 0.5) is 17.1 Å². The summed E-state index contributed by atoms with van der Waals surface area (Å²) in [6.45, 7) is 0. The Morgan fingerprint density at radius 3 is 1.84 bits per heavy atom. The summed E-state index contributed by atoms with van der Waals surface area (Å²) in [4.78, 5) is 2.52. The van der Waals surface area contributed by atoms with Gasteiger partial charge in [0.15, 0.2) is 0 Å². The van der Waals surface area contributed by atoms with Crippen LogP contribution in [-0.2, 0) is 0 Å². The molecule has 14 aromatic rings. The van der Waals surface area contributed by atoms with Gasteiger partial charge in [0.1, 0.15) is 11.2 Å². The van der Waals surface area contributed by atoms with Crippen molar-refractivity contribution < 1.29 is 4.42 Å². The van der Waals surface area contributed by atoms with Gasteiger partial charge in [0.25, 0.3) is 0 Å². The maximum atomic E-state index is 6.55. The maximum absolute atomic E-state index is 6.55. The number of rotatable bonds is 7. The van der Waals surface area contributed by atoms with Crippen LogP contribution in [0.15, 0.2) is 259 Å². The van der Waals surface area contributed by atoms with E-state index in [1.807, 2.05) is 6.07 Å². The van der Waals surface area contributed by atoms with Crippen molar-refractivity contribution in [1.82, 2.24) is 4.57 Å². The van der Waals surface area contributed by atoms with Crippen LogP contribution in [0.25, 0.3) is 115 Å². The molecule has 0 aliphatic heterocycles. The molecular weight excluding hydrogens is 837 g/mol. The number of nitrogens with zero attached hydrogens (tertiary/aromatic N) is 2. The van der Waals surface area contributed by atoms with Crippen molar-refractivity contribution in [3.63, 3.8) is 0 Å². The number of para-hydroxylation sites is 3. The minimum Gasteiger partial charge on any atom is -0.456 e. The van der Waals surface area contributed by atoms with Gasteiger partial charge in [-0.15, -0.1) is 0 Å². The molecule has 0 saturated carbocycles. The first-order valence-electron chi connectivity index (χ1n) is 23.7. The summed E-state index contributed by atoms with van der Waals surface area (Å²) in [6, 6.07) is 92.8. The molecule has 12 aromatic carbocycles. The second-order valence-corrected chi connectivity index (χ2v) is 18.0. The molecule has 3 heteroatoms. The molecule has 0 amide bonds. The molecule has 0 fully saturated rings. The van der Waals surface area contributed by atoms with Gasteiger partial charge in [-0.3, -0.25) is 0 Å². The molecule has 69 heavy (non-hydrogen) atoms. The molecule has 14 rings (SSSR count). The number of anilines is 3. The summed E-state index contributed by atoms with van der Waals surface area (Å²) >= 11 is 0.